The average Bonchev–Trinajstić information content (AvgIpc) is 3.12. The first-order valence-corrected chi connectivity index (χ1v) is 8.24. The molecule has 2 amide bonds. The fourth-order valence-corrected chi connectivity index (χ4v) is 3.15. The van der Waals surface area contributed by atoms with Gasteiger partial charge in [0.25, 0.3) is 0 Å². The molecule has 0 saturated carbocycles. The molecule has 0 atom stereocenters. The maximum absolute atomic E-state index is 11.9. The van der Waals surface area contributed by atoms with Gasteiger partial charge in [0.1, 0.15) is 0 Å². The van der Waals surface area contributed by atoms with E-state index in [4.69, 9.17) is 0 Å². The Labute approximate surface area is 134 Å². The highest BCUT2D eigenvalue weighted by atomic mass is 79.9. The van der Waals surface area contributed by atoms with Crippen LogP contribution in [0.15, 0.2) is 28.7 Å². The first-order valence-electron chi connectivity index (χ1n) is 6.63. The summed E-state index contributed by atoms with van der Waals surface area (Å²) in [6.45, 7) is 2.03. The van der Waals surface area contributed by atoms with Crippen LogP contribution in [0.4, 0.5) is 20.7 Å². The van der Waals surface area contributed by atoms with E-state index in [0.29, 0.717) is 5.13 Å². The fourth-order valence-electron chi connectivity index (χ4n) is 2.09. The van der Waals surface area contributed by atoms with E-state index in [-0.39, 0.29) is 6.03 Å². The number of anilines is 3. The molecule has 8 heteroatoms. The van der Waals surface area contributed by atoms with Gasteiger partial charge in [-0.25, -0.2) is 4.79 Å². The number of nitrogens with one attached hydrogen (secondary N) is 2. The summed E-state index contributed by atoms with van der Waals surface area (Å²) in [7, 11) is 0. The van der Waals surface area contributed by atoms with Crippen LogP contribution in [-0.4, -0.2) is 29.3 Å². The van der Waals surface area contributed by atoms with E-state index in [1.165, 1.54) is 24.2 Å². The number of urea groups is 1. The largest absolute Gasteiger partial charge is 0.347 e. The minimum Gasteiger partial charge on any atom is -0.347 e. The molecule has 1 saturated heterocycles. The van der Waals surface area contributed by atoms with Crippen molar-refractivity contribution < 1.29 is 4.79 Å². The number of halogens is 1. The number of rotatable bonds is 3. The molecule has 0 aliphatic carbocycles. The molecule has 1 aliphatic heterocycles. The molecule has 2 N–H and O–H groups in total. The molecule has 2 aromatic rings. The molecule has 1 aromatic carbocycles. The quantitative estimate of drug-likeness (QED) is 0.870. The summed E-state index contributed by atoms with van der Waals surface area (Å²) < 4.78 is 0.966. The summed E-state index contributed by atoms with van der Waals surface area (Å²) in [5, 5.41) is 14.9. The van der Waals surface area contributed by atoms with Gasteiger partial charge in [-0.15, -0.1) is 10.2 Å². The fraction of sp³-hybridized carbons (Fsp3) is 0.308. The Morgan fingerprint density at radius 3 is 2.57 bits per heavy atom. The molecule has 0 bridgehead atoms. The maximum atomic E-state index is 11.9. The number of benzene rings is 1. The first kappa shape index (κ1) is 14.3. The zero-order chi connectivity index (χ0) is 14.7. The van der Waals surface area contributed by atoms with E-state index in [9.17, 15) is 4.79 Å². The van der Waals surface area contributed by atoms with Gasteiger partial charge in [0.2, 0.25) is 10.3 Å². The second kappa shape index (κ2) is 6.40. The summed E-state index contributed by atoms with van der Waals surface area (Å²) in [6, 6.07) is 7.05. The van der Waals surface area contributed by atoms with Crippen LogP contribution in [-0.2, 0) is 0 Å². The van der Waals surface area contributed by atoms with E-state index < -0.39 is 0 Å². The molecule has 0 radical (unpaired) electrons. The van der Waals surface area contributed by atoms with Crippen LogP contribution in [0.1, 0.15) is 12.8 Å². The highest BCUT2D eigenvalue weighted by Gasteiger charge is 2.17. The molecule has 3 rings (SSSR count). The van der Waals surface area contributed by atoms with E-state index >= 15 is 0 Å². The maximum Gasteiger partial charge on any atom is 0.325 e. The Morgan fingerprint density at radius 1 is 1.14 bits per heavy atom. The first-order chi connectivity index (χ1) is 10.2. The number of carbonyl (C=O) groups excluding carboxylic acids is 1. The van der Waals surface area contributed by atoms with Crippen LogP contribution in [0.3, 0.4) is 0 Å². The van der Waals surface area contributed by atoms with Crippen molar-refractivity contribution in [2.24, 2.45) is 0 Å². The normalized spacial score (nSPS) is 14.2. The lowest BCUT2D eigenvalue weighted by Gasteiger charge is -2.10. The van der Waals surface area contributed by atoms with Gasteiger partial charge in [0.15, 0.2) is 0 Å². The third kappa shape index (κ3) is 3.70. The Bertz CT molecular complexity index is 624. The van der Waals surface area contributed by atoms with E-state index in [1.54, 1.807) is 0 Å². The van der Waals surface area contributed by atoms with Crippen molar-refractivity contribution in [2.75, 3.05) is 28.6 Å². The second-order valence-corrected chi connectivity index (χ2v) is 6.54. The van der Waals surface area contributed by atoms with Gasteiger partial charge in [-0.05, 0) is 37.1 Å². The van der Waals surface area contributed by atoms with Gasteiger partial charge in [0.05, 0.1) is 0 Å². The third-order valence-corrected chi connectivity index (χ3v) is 4.54. The SMILES string of the molecule is O=C(Nc1ccc(Br)cc1)Nc1nnc(N2CCCC2)s1. The van der Waals surface area contributed by atoms with Crippen LogP contribution in [0, 0.1) is 0 Å². The predicted molar refractivity (Wildman–Crippen MR) is 88.1 cm³/mol. The minimum absolute atomic E-state index is 0.318. The van der Waals surface area contributed by atoms with Gasteiger partial charge in [-0.3, -0.25) is 5.32 Å². The zero-order valence-electron chi connectivity index (χ0n) is 11.2. The number of amides is 2. The van der Waals surface area contributed by atoms with Crippen molar-refractivity contribution >= 4 is 49.2 Å². The topological polar surface area (TPSA) is 70.1 Å². The smallest absolute Gasteiger partial charge is 0.325 e. The van der Waals surface area contributed by atoms with Crippen molar-refractivity contribution in [3.63, 3.8) is 0 Å². The molecule has 0 unspecified atom stereocenters. The monoisotopic (exact) mass is 367 g/mol. The van der Waals surface area contributed by atoms with Gasteiger partial charge < -0.3 is 10.2 Å². The van der Waals surface area contributed by atoms with Gasteiger partial charge >= 0.3 is 6.03 Å². The number of carbonyl (C=O) groups is 1. The van der Waals surface area contributed by atoms with Crippen molar-refractivity contribution in [1.82, 2.24) is 10.2 Å². The number of aromatic nitrogens is 2. The lowest BCUT2D eigenvalue weighted by Crippen LogP contribution is -2.19. The molecular formula is C13H14BrN5OS. The molecule has 0 spiro atoms. The number of nitrogens with zero attached hydrogens (tertiary/aromatic N) is 3. The summed E-state index contributed by atoms with van der Waals surface area (Å²) in [4.78, 5) is 14.1. The summed E-state index contributed by atoms with van der Waals surface area (Å²) in [5.41, 5.74) is 0.722. The average molecular weight is 368 g/mol. The Kier molecular flexibility index (Phi) is 4.35. The summed E-state index contributed by atoms with van der Waals surface area (Å²) in [6.07, 6.45) is 2.37. The molecule has 1 aromatic heterocycles. The third-order valence-electron chi connectivity index (χ3n) is 3.11. The standard InChI is InChI=1S/C13H14BrN5OS/c14-9-3-5-10(6-4-9)15-11(20)16-12-17-18-13(21-12)19-7-1-2-8-19/h3-6H,1-2,7-8H2,(H2,15,16,17,20). The van der Waals surface area contributed by atoms with Crippen molar-refractivity contribution in [2.45, 2.75) is 12.8 Å². The summed E-state index contributed by atoms with van der Waals surface area (Å²) in [5.74, 6) is 0. The van der Waals surface area contributed by atoms with Crippen molar-refractivity contribution in [1.29, 1.82) is 0 Å². The van der Waals surface area contributed by atoms with E-state index in [1.807, 2.05) is 24.3 Å². The Morgan fingerprint density at radius 2 is 1.86 bits per heavy atom. The van der Waals surface area contributed by atoms with Gasteiger partial charge in [0, 0.05) is 23.2 Å². The lowest BCUT2D eigenvalue weighted by atomic mass is 10.3. The second-order valence-electron chi connectivity index (χ2n) is 4.67. The Balaban J connectivity index is 1.58. The van der Waals surface area contributed by atoms with Crippen molar-refractivity contribution in [3.8, 4) is 0 Å². The highest BCUT2D eigenvalue weighted by Crippen LogP contribution is 2.26. The molecule has 110 valence electrons. The van der Waals surface area contributed by atoms with Crippen LogP contribution in [0.2, 0.25) is 0 Å². The molecule has 6 nitrogen and oxygen atoms in total. The zero-order valence-corrected chi connectivity index (χ0v) is 13.6. The molecular weight excluding hydrogens is 354 g/mol. The predicted octanol–water partition coefficient (Wildman–Crippen LogP) is 3.54. The van der Waals surface area contributed by atoms with Crippen LogP contribution in [0.25, 0.3) is 0 Å². The van der Waals surface area contributed by atoms with Gasteiger partial charge in [-0.2, -0.15) is 0 Å². The molecule has 21 heavy (non-hydrogen) atoms. The van der Waals surface area contributed by atoms with E-state index in [0.717, 1.165) is 28.4 Å². The lowest BCUT2D eigenvalue weighted by molar-refractivity contribution is 0.262. The van der Waals surface area contributed by atoms with Gasteiger partial charge in [-0.1, -0.05) is 27.3 Å². The minimum atomic E-state index is -0.318. The van der Waals surface area contributed by atoms with Crippen molar-refractivity contribution in [3.05, 3.63) is 28.7 Å². The highest BCUT2D eigenvalue weighted by molar-refractivity contribution is 9.10. The van der Waals surface area contributed by atoms with Crippen LogP contribution in [0.5, 0.6) is 0 Å². The van der Waals surface area contributed by atoms with E-state index in [2.05, 4.69) is 41.7 Å². The number of hydrogen-bond donors (Lipinski definition) is 2. The molecule has 1 fully saturated rings. The van der Waals surface area contributed by atoms with Crippen LogP contribution >= 0.6 is 27.3 Å². The Hall–Kier alpha value is -1.67. The summed E-state index contributed by atoms with van der Waals surface area (Å²) >= 11 is 4.75. The number of hydrogen-bond acceptors (Lipinski definition) is 5. The van der Waals surface area contributed by atoms with Crippen LogP contribution < -0.4 is 15.5 Å². The molecule has 2 heterocycles. The molecule has 1 aliphatic rings.